The fraction of sp³-hybridized carbons (Fsp3) is 0.987. The van der Waals surface area contributed by atoms with Gasteiger partial charge in [-0.25, -0.2) is 0 Å². The van der Waals surface area contributed by atoms with Gasteiger partial charge in [-0.05, 0) is 12.8 Å². The van der Waals surface area contributed by atoms with Gasteiger partial charge in [-0.1, -0.05) is 367 Å². The number of amides is 1. The minimum absolute atomic E-state index is 0.195. The van der Waals surface area contributed by atoms with Crippen LogP contribution in [0.3, 0.4) is 0 Å². The molecule has 90 heavy (non-hydrogen) atoms. The van der Waals surface area contributed by atoms with E-state index in [0.29, 0.717) is 12.8 Å². The van der Waals surface area contributed by atoms with E-state index in [2.05, 4.69) is 19.2 Å². The lowest BCUT2D eigenvalue weighted by molar-refractivity contribution is -0.359. The minimum Gasteiger partial charge on any atom is -0.394 e. The highest BCUT2D eigenvalue weighted by Gasteiger charge is 2.51. The van der Waals surface area contributed by atoms with Crippen LogP contribution in [0.2, 0.25) is 0 Å². The van der Waals surface area contributed by atoms with Crippen LogP contribution >= 0.6 is 0 Å². The van der Waals surface area contributed by atoms with Crippen molar-refractivity contribution in [3.05, 3.63) is 0 Å². The molecule has 0 radical (unpaired) electrons. The Morgan fingerprint density at radius 2 is 0.633 bits per heavy atom. The molecule has 0 aromatic rings. The molecule has 9 N–H and O–H groups in total. The number of carbonyl (C=O) groups excluding carboxylic acids is 1. The molecule has 0 bridgehead atoms. The Balaban J connectivity index is 1.61. The first-order chi connectivity index (χ1) is 44.1. The quantitative estimate of drug-likeness (QED) is 0.0259. The number of ether oxygens (including phenoxy) is 4. The second-order valence-corrected chi connectivity index (χ2v) is 28.2. The average molecular weight is 1290 g/mol. The average Bonchev–Trinajstić information content (AvgIpc) is 1.41. The van der Waals surface area contributed by atoms with Crippen LogP contribution in [-0.2, 0) is 23.7 Å². The van der Waals surface area contributed by atoms with Gasteiger partial charge in [0.2, 0.25) is 5.91 Å². The Kier molecular flexibility index (Phi) is 58.2. The van der Waals surface area contributed by atoms with Gasteiger partial charge in [-0.15, -0.1) is 0 Å². The summed E-state index contributed by atoms with van der Waals surface area (Å²) in [5.74, 6) is -0.195. The molecule has 1 amide bonds. The summed E-state index contributed by atoms with van der Waals surface area (Å²) >= 11 is 0. The van der Waals surface area contributed by atoms with Crippen LogP contribution in [0.1, 0.15) is 386 Å². The van der Waals surface area contributed by atoms with Gasteiger partial charge in [0, 0.05) is 6.42 Å². The van der Waals surface area contributed by atoms with E-state index >= 15 is 0 Å². The zero-order chi connectivity index (χ0) is 65.2. The molecule has 12 atom stereocenters. The summed E-state index contributed by atoms with van der Waals surface area (Å²) in [7, 11) is 0. The molecule has 2 saturated heterocycles. The maximum Gasteiger partial charge on any atom is 0.220 e. The van der Waals surface area contributed by atoms with Gasteiger partial charge in [0.1, 0.15) is 48.8 Å². The molecular weight excluding hydrogens is 1130 g/mol. The topological polar surface area (TPSA) is 228 Å². The van der Waals surface area contributed by atoms with Crippen LogP contribution in [-0.4, -0.2) is 140 Å². The summed E-state index contributed by atoms with van der Waals surface area (Å²) in [6.07, 6.45) is 58.5. The molecule has 2 rings (SSSR count). The van der Waals surface area contributed by atoms with Crippen LogP contribution in [0, 0.1) is 0 Å². The Morgan fingerprint density at radius 1 is 0.356 bits per heavy atom. The maximum absolute atomic E-state index is 13.4. The third-order valence-corrected chi connectivity index (χ3v) is 19.8. The van der Waals surface area contributed by atoms with Crippen LogP contribution in [0.25, 0.3) is 0 Å². The normalized spacial score (nSPS) is 22.8. The molecule has 2 aliphatic rings. The number of rotatable bonds is 67. The molecule has 2 fully saturated rings. The van der Waals surface area contributed by atoms with Crippen molar-refractivity contribution in [3.8, 4) is 0 Å². The third kappa shape index (κ3) is 44.7. The molecule has 2 aliphatic heterocycles. The number of hydrogen-bond acceptors (Lipinski definition) is 13. The van der Waals surface area contributed by atoms with Crippen molar-refractivity contribution in [3.63, 3.8) is 0 Å². The Labute approximate surface area is 553 Å². The van der Waals surface area contributed by atoms with Gasteiger partial charge < -0.3 is 65.1 Å². The molecular formula is C76H149NO13. The van der Waals surface area contributed by atoms with E-state index in [0.717, 1.165) is 51.4 Å². The van der Waals surface area contributed by atoms with Gasteiger partial charge in [0.05, 0.1) is 32.0 Å². The van der Waals surface area contributed by atoms with Crippen molar-refractivity contribution in [1.29, 1.82) is 0 Å². The number of aliphatic hydroxyl groups is 8. The molecule has 12 unspecified atom stereocenters. The molecule has 0 aromatic carbocycles. The van der Waals surface area contributed by atoms with Crippen LogP contribution in [0.5, 0.6) is 0 Å². The summed E-state index contributed by atoms with van der Waals surface area (Å²) in [5, 5.41) is 87.8. The zero-order valence-electron chi connectivity index (χ0n) is 58.7. The summed E-state index contributed by atoms with van der Waals surface area (Å²) in [6.45, 7) is 2.95. The van der Waals surface area contributed by atoms with Gasteiger partial charge in [0.25, 0.3) is 0 Å². The van der Waals surface area contributed by atoms with Gasteiger partial charge >= 0.3 is 0 Å². The van der Waals surface area contributed by atoms with Crippen molar-refractivity contribution < 1.29 is 64.6 Å². The van der Waals surface area contributed by atoms with Gasteiger partial charge in [-0.2, -0.15) is 0 Å². The molecule has 0 aliphatic carbocycles. The smallest absolute Gasteiger partial charge is 0.220 e. The van der Waals surface area contributed by atoms with E-state index in [4.69, 9.17) is 18.9 Å². The van der Waals surface area contributed by atoms with E-state index in [1.807, 2.05) is 0 Å². The van der Waals surface area contributed by atoms with Crippen LogP contribution < -0.4 is 5.32 Å². The number of unbranched alkanes of at least 4 members (excludes halogenated alkanes) is 54. The number of aliphatic hydroxyl groups excluding tert-OH is 8. The largest absolute Gasteiger partial charge is 0.394 e. The molecule has 2 heterocycles. The third-order valence-electron chi connectivity index (χ3n) is 19.8. The van der Waals surface area contributed by atoms with Crippen molar-refractivity contribution >= 4 is 5.91 Å². The number of nitrogens with one attached hydrogen (secondary N) is 1. The number of hydrogen-bond donors (Lipinski definition) is 9. The second kappa shape index (κ2) is 61.6. The van der Waals surface area contributed by atoms with E-state index in [-0.39, 0.29) is 12.5 Å². The minimum atomic E-state index is -1.78. The molecule has 14 nitrogen and oxygen atoms in total. The summed E-state index contributed by atoms with van der Waals surface area (Å²) in [6, 6.07) is -0.825. The van der Waals surface area contributed by atoms with E-state index < -0.39 is 86.8 Å². The SMILES string of the molecule is CCCCCCCCCCCCCCCCCCCCCCCCCCCCCCC(=O)NC(COC1OC(CO)C(OC2OC(CO)C(O)C(O)C2O)C(O)C1O)C(O)CCCCCCCCCCCCCCCCCCCCCCCCCCCCCC. The Morgan fingerprint density at radius 3 is 0.944 bits per heavy atom. The molecule has 0 aromatic heterocycles. The van der Waals surface area contributed by atoms with E-state index in [1.165, 1.54) is 308 Å². The van der Waals surface area contributed by atoms with Crippen LogP contribution in [0.15, 0.2) is 0 Å². The van der Waals surface area contributed by atoms with Crippen LogP contribution in [0.4, 0.5) is 0 Å². The number of carbonyl (C=O) groups is 1. The molecule has 0 saturated carbocycles. The lowest BCUT2D eigenvalue weighted by Crippen LogP contribution is -2.65. The first-order valence-corrected chi connectivity index (χ1v) is 39.3. The Bertz CT molecular complexity index is 1510. The van der Waals surface area contributed by atoms with Crippen molar-refractivity contribution in [1.82, 2.24) is 5.32 Å². The van der Waals surface area contributed by atoms with Gasteiger partial charge in [0.15, 0.2) is 12.6 Å². The van der Waals surface area contributed by atoms with E-state index in [9.17, 15) is 45.6 Å². The zero-order valence-corrected chi connectivity index (χ0v) is 58.7. The maximum atomic E-state index is 13.4. The fourth-order valence-electron chi connectivity index (χ4n) is 13.6. The molecule has 0 spiro atoms. The van der Waals surface area contributed by atoms with Crippen molar-refractivity contribution in [2.24, 2.45) is 0 Å². The first-order valence-electron chi connectivity index (χ1n) is 39.3. The molecule has 536 valence electrons. The predicted molar refractivity (Wildman–Crippen MR) is 369 cm³/mol. The van der Waals surface area contributed by atoms with Gasteiger partial charge in [-0.3, -0.25) is 4.79 Å². The summed E-state index contributed by atoms with van der Waals surface area (Å²) in [5.41, 5.74) is 0. The highest BCUT2D eigenvalue weighted by Crippen LogP contribution is 2.30. The highest BCUT2D eigenvalue weighted by atomic mass is 16.7. The second-order valence-electron chi connectivity index (χ2n) is 28.2. The van der Waals surface area contributed by atoms with Crippen molar-refractivity contribution in [2.75, 3.05) is 19.8 Å². The lowest BCUT2D eigenvalue weighted by Gasteiger charge is -2.46. The molecule has 14 heteroatoms. The Hall–Kier alpha value is -1.01. The van der Waals surface area contributed by atoms with Crippen molar-refractivity contribution in [2.45, 2.75) is 460 Å². The van der Waals surface area contributed by atoms with E-state index in [1.54, 1.807) is 0 Å². The highest BCUT2D eigenvalue weighted by molar-refractivity contribution is 5.76. The lowest BCUT2D eigenvalue weighted by atomic mass is 9.97. The standard InChI is InChI=1S/C76H149NO13/c1-3-5-7-9-11-13-15-17-19-21-23-25-27-29-31-33-35-37-39-41-43-45-47-49-51-53-55-57-59-65(80)64(63-87-75-73(86)71(84)74(67(62-79)89-75)90-76-72(85)70(83)69(82)66(61-78)88-76)77-68(81)60-58-56-54-52-50-48-46-44-42-40-38-36-34-32-30-28-26-24-22-20-18-16-14-12-10-8-6-4-2/h64-67,69-76,78-80,82-86H,3-63H2,1-2H3,(H,77,81). The predicted octanol–water partition coefficient (Wildman–Crippen LogP) is 17.1. The summed E-state index contributed by atoms with van der Waals surface area (Å²) < 4.78 is 23.0. The first kappa shape index (κ1) is 85.1. The fourth-order valence-corrected chi connectivity index (χ4v) is 13.6. The summed E-state index contributed by atoms with van der Waals surface area (Å²) in [4.78, 5) is 13.4. The monoisotopic (exact) mass is 1280 g/mol.